The van der Waals surface area contributed by atoms with Crippen LogP contribution in [-0.2, 0) is 0 Å². The number of nitrogens with one attached hydrogen (secondary N) is 1. The minimum absolute atomic E-state index is 0.0694. The molecular weight excluding hydrogens is 216 g/mol. The molecule has 2 N–H and O–H groups in total. The lowest BCUT2D eigenvalue weighted by Gasteiger charge is -1.95. The van der Waals surface area contributed by atoms with Crippen molar-refractivity contribution in [3.8, 4) is 11.4 Å². The van der Waals surface area contributed by atoms with Crippen molar-refractivity contribution >= 4 is 17.6 Å². The molecule has 1 aromatic heterocycles. The number of aromatic nitrogens is 2. The van der Waals surface area contributed by atoms with Gasteiger partial charge in [-0.2, -0.15) is 0 Å². The maximum absolute atomic E-state index is 10.6. The van der Waals surface area contributed by atoms with Gasteiger partial charge < -0.3 is 10.1 Å². The topological polar surface area (TPSA) is 66.0 Å². The highest BCUT2D eigenvalue weighted by Gasteiger charge is 2.08. The Kier molecular flexibility index (Phi) is 2.43. The molecule has 0 amide bonds. The van der Waals surface area contributed by atoms with E-state index in [-0.39, 0.29) is 5.69 Å². The summed E-state index contributed by atoms with van der Waals surface area (Å²) in [7, 11) is 0. The predicted molar refractivity (Wildman–Crippen MR) is 56.0 cm³/mol. The summed E-state index contributed by atoms with van der Waals surface area (Å²) in [6, 6.07) is 6.99. The van der Waals surface area contributed by atoms with E-state index in [0.717, 1.165) is 5.56 Å². The highest BCUT2D eigenvalue weighted by molar-refractivity contribution is 6.30. The first-order valence-corrected chi connectivity index (χ1v) is 4.59. The molecule has 1 aromatic carbocycles. The maximum atomic E-state index is 10.6. The lowest BCUT2D eigenvalue weighted by Crippen LogP contribution is -1.95. The molecule has 0 aliphatic heterocycles. The van der Waals surface area contributed by atoms with Crippen molar-refractivity contribution in [1.82, 2.24) is 9.97 Å². The number of rotatable bonds is 2. The summed E-state index contributed by atoms with van der Waals surface area (Å²) in [4.78, 5) is 17.3. The summed E-state index contributed by atoms with van der Waals surface area (Å²) in [5, 5.41) is 9.33. The molecule has 0 aliphatic carbocycles. The van der Waals surface area contributed by atoms with E-state index in [9.17, 15) is 4.79 Å². The molecule has 0 aliphatic rings. The van der Waals surface area contributed by atoms with Gasteiger partial charge in [-0.3, -0.25) is 0 Å². The number of hydrogen-bond donors (Lipinski definition) is 2. The fourth-order valence-electron chi connectivity index (χ4n) is 1.18. The first-order valence-electron chi connectivity index (χ1n) is 4.21. The molecule has 2 aromatic rings. The van der Waals surface area contributed by atoms with E-state index in [4.69, 9.17) is 16.7 Å². The quantitative estimate of drug-likeness (QED) is 0.820. The van der Waals surface area contributed by atoms with Gasteiger partial charge in [0.2, 0.25) is 0 Å². The van der Waals surface area contributed by atoms with Crippen molar-refractivity contribution < 1.29 is 9.90 Å². The Balaban J connectivity index is 2.37. The molecule has 1 heterocycles. The normalized spacial score (nSPS) is 10.2. The van der Waals surface area contributed by atoms with Gasteiger partial charge in [0, 0.05) is 10.6 Å². The third kappa shape index (κ3) is 1.99. The number of carboxylic acids is 1. The molecule has 0 bridgehead atoms. The Morgan fingerprint density at radius 1 is 1.33 bits per heavy atom. The molecule has 5 heteroatoms. The summed E-state index contributed by atoms with van der Waals surface area (Å²) in [6.45, 7) is 0. The van der Waals surface area contributed by atoms with E-state index in [0.29, 0.717) is 10.8 Å². The fourth-order valence-corrected chi connectivity index (χ4v) is 1.31. The van der Waals surface area contributed by atoms with Crippen LogP contribution in [0, 0.1) is 0 Å². The molecule has 0 saturated heterocycles. The Morgan fingerprint density at radius 3 is 2.53 bits per heavy atom. The SMILES string of the molecule is O=C(O)c1cnc(-c2ccc(Cl)cc2)[nH]1. The Hall–Kier alpha value is -1.81. The number of H-pyrrole nitrogens is 1. The second-order valence-electron chi connectivity index (χ2n) is 2.96. The molecule has 0 spiro atoms. The van der Waals surface area contributed by atoms with Crippen LogP contribution >= 0.6 is 11.6 Å². The monoisotopic (exact) mass is 222 g/mol. The van der Waals surface area contributed by atoms with Gasteiger partial charge in [-0.1, -0.05) is 11.6 Å². The fraction of sp³-hybridized carbons (Fsp3) is 0. The second kappa shape index (κ2) is 3.74. The summed E-state index contributed by atoms with van der Waals surface area (Å²) in [6.07, 6.45) is 1.28. The molecule has 0 atom stereocenters. The third-order valence-corrected chi connectivity index (χ3v) is 2.18. The van der Waals surface area contributed by atoms with Gasteiger partial charge >= 0.3 is 5.97 Å². The molecule has 0 unspecified atom stereocenters. The first kappa shape index (κ1) is 9.73. The van der Waals surface area contributed by atoms with Gasteiger partial charge in [0.05, 0.1) is 6.20 Å². The van der Waals surface area contributed by atoms with Crippen molar-refractivity contribution in [3.05, 3.63) is 41.2 Å². The zero-order valence-electron chi connectivity index (χ0n) is 7.57. The summed E-state index contributed by atoms with van der Waals surface area (Å²) >= 11 is 5.73. The molecule has 0 radical (unpaired) electrons. The van der Waals surface area contributed by atoms with Gasteiger partial charge in [0.25, 0.3) is 0 Å². The molecule has 2 rings (SSSR count). The van der Waals surface area contributed by atoms with Crippen LogP contribution in [-0.4, -0.2) is 21.0 Å². The molecule has 15 heavy (non-hydrogen) atoms. The summed E-state index contributed by atoms with van der Waals surface area (Å²) in [5.74, 6) is -0.508. The number of aromatic carboxylic acids is 1. The van der Waals surface area contributed by atoms with E-state index >= 15 is 0 Å². The number of carbonyl (C=O) groups is 1. The predicted octanol–water partition coefficient (Wildman–Crippen LogP) is 2.43. The van der Waals surface area contributed by atoms with Crippen molar-refractivity contribution in [2.75, 3.05) is 0 Å². The number of nitrogens with zero attached hydrogens (tertiary/aromatic N) is 1. The Labute approximate surface area is 90.5 Å². The van der Waals surface area contributed by atoms with Crippen LogP contribution in [0.25, 0.3) is 11.4 Å². The zero-order valence-corrected chi connectivity index (χ0v) is 8.32. The van der Waals surface area contributed by atoms with Crippen LogP contribution in [0.1, 0.15) is 10.5 Å². The number of carboxylic acid groups (broad SMARTS) is 1. The summed E-state index contributed by atoms with van der Waals surface area (Å²) < 4.78 is 0. The van der Waals surface area contributed by atoms with E-state index in [1.807, 2.05) is 0 Å². The number of benzene rings is 1. The van der Waals surface area contributed by atoms with Crippen LogP contribution in [0.15, 0.2) is 30.5 Å². The molecule has 76 valence electrons. The van der Waals surface area contributed by atoms with Crippen LogP contribution in [0.3, 0.4) is 0 Å². The Bertz CT molecular complexity index is 490. The number of halogens is 1. The van der Waals surface area contributed by atoms with Gasteiger partial charge in [-0.05, 0) is 24.3 Å². The smallest absolute Gasteiger partial charge is 0.353 e. The molecule has 0 saturated carbocycles. The number of aromatic amines is 1. The molecule has 0 fully saturated rings. The van der Waals surface area contributed by atoms with Gasteiger partial charge in [-0.25, -0.2) is 9.78 Å². The third-order valence-electron chi connectivity index (χ3n) is 1.92. The second-order valence-corrected chi connectivity index (χ2v) is 3.39. The van der Waals surface area contributed by atoms with Crippen LogP contribution < -0.4 is 0 Å². The first-order chi connectivity index (χ1) is 7.16. The van der Waals surface area contributed by atoms with Crippen molar-refractivity contribution in [1.29, 1.82) is 0 Å². The summed E-state index contributed by atoms with van der Waals surface area (Å²) in [5.41, 5.74) is 0.867. The van der Waals surface area contributed by atoms with Crippen molar-refractivity contribution in [2.45, 2.75) is 0 Å². The zero-order chi connectivity index (χ0) is 10.8. The highest BCUT2D eigenvalue weighted by Crippen LogP contribution is 2.18. The standard InChI is InChI=1S/C10H7ClN2O2/c11-7-3-1-6(2-4-7)9-12-5-8(13-9)10(14)15/h1-5H,(H,12,13)(H,14,15). The number of hydrogen-bond acceptors (Lipinski definition) is 2. The number of imidazole rings is 1. The van der Waals surface area contributed by atoms with Crippen LogP contribution in [0.4, 0.5) is 0 Å². The van der Waals surface area contributed by atoms with Gasteiger partial charge in [0.1, 0.15) is 11.5 Å². The average Bonchev–Trinajstić information content (AvgIpc) is 2.68. The largest absolute Gasteiger partial charge is 0.477 e. The van der Waals surface area contributed by atoms with Crippen molar-refractivity contribution in [2.24, 2.45) is 0 Å². The lowest BCUT2D eigenvalue weighted by atomic mass is 10.2. The van der Waals surface area contributed by atoms with Crippen LogP contribution in [0.5, 0.6) is 0 Å². The highest BCUT2D eigenvalue weighted by atomic mass is 35.5. The molecule has 4 nitrogen and oxygen atoms in total. The van der Waals surface area contributed by atoms with Crippen LogP contribution in [0.2, 0.25) is 5.02 Å². The van der Waals surface area contributed by atoms with Gasteiger partial charge in [-0.15, -0.1) is 0 Å². The maximum Gasteiger partial charge on any atom is 0.353 e. The van der Waals surface area contributed by atoms with E-state index < -0.39 is 5.97 Å². The van der Waals surface area contributed by atoms with E-state index in [1.54, 1.807) is 24.3 Å². The minimum atomic E-state index is -1.03. The average molecular weight is 223 g/mol. The Morgan fingerprint density at radius 2 is 2.00 bits per heavy atom. The molecular formula is C10H7ClN2O2. The van der Waals surface area contributed by atoms with Crippen molar-refractivity contribution in [3.63, 3.8) is 0 Å². The van der Waals surface area contributed by atoms with E-state index in [1.165, 1.54) is 6.20 Å². The van der Waals surface area contributed by atoms with Gasteiger partial charge in [0.15, 0.2) is 0 Å². The lowest BCUT2D eigenvalue weighted by molar-refractivity contribution is 0.0691. The van der Waals surface area contributed by atoms with E-state index in [2.05, 4.69) is 9.97 Å². The minimum Gasteiger partial charge on any atom is -0.477 e.